The number of morpholine rings is 1. The molecular formula is C21H24N2O6. The summed E-state index contributed by atoms with van der Waals surface area (Å²) >= 11 is 0. The Morgan fingerprint density at radius 2 is 2.24 bits per heavy atom. The molecule has 3 rings (SSSR count). The summed E-state index contributed by atoms with van der Waals surface area (Å²) in [5.41, 5.74) is 0.804. The maximum absolute atomic E-state index is 13.1. The molecule has 0 radical (unpaired) electrons. The van der Waals surface area contributed by atoms with E-state index in [0.717, 1.165) is 0 Å². The van der Waals surface area contributed by atoms with Crippen molar-refractivity contribution in [3.63, 3.8) is 0 Å². The number of aromatic hydroxyl groups is 1. The van der Waals surface area contributed by atoms with Gasteiger partial charge in [0, 0.05) is 19.2 Å². The van der Waals surface area contributed by atoms with Crippen molar-refractivity contribution in [3.05, 3.63) is 53.3 Å². The zero-order valence-electron chi connectivity index (χ0n) is 16.2. The number of phenols is 1. The lowest BCUT2D eigenvalue weighted by Crippen LogP contribution is -2.49. The molecular weight excluding hydrogens is 376 g/mol. The van der Waals surface area contributed by atoms with Gasteiger partial charge in [-0.3, -0.25) is 14.6 Å². The number of aldehydes is 1. The number of hydrogen-bond acceptors (Lipinski definition) is 7. The van der Waals surface area contributed by atoms with Gasteiger partial charge < -0.3 is 24.6 Å². The van der Waals surface area contributed by atoms with Gasteiger partial charge in [0.2, 0.25) is 0 Å². The molecule has 1 aliphatic heterocycles. The molecule has 1 aliphatic rings. The van der Waals surface area contributed by atoms with Crippen LogP contribution in [0.1, 0.15) is 45.9 Å². The summed E-state index contributed by atoms with van der Waals surface area (Å²) in [6.07, 6.45) is 1.71. The molecule has 0 aliphatic carbocycles. The third-order valence-corrected chi connectivity index (χ3v) is 4.82. The Balaban J connectivity index is 1.70. The summed E-state index contributed by atoms with van der Waals surface area (Å²) in [6, 6.07) is 7.71. The summed E-state index contributed by atoms with van der Waals surface area (Å²) in [5.74, 6) is -0.0657. The van der Waals surface area contributed by atoms with Gasteiger partial charge in [-0.2, -0.15) is 0 Å². The zero-order chi connectivity index (χ0) is 20.8. The quantitative estimate of drug-likeness (QED) is 0.684. The van der Waals surface area contributed by atoms with Gasteiger partial charge in [0.1, 0.15) is 11.5 Å². The minimum absolute atomic E-state index is 0.0947. The molecule has 8 heteroatoms. The Labute approximate surface area is 168 Å². The first kappa shape index (κ1) is 20.8. The first-order valence-corrected chi connectivity index (χ1v) is 9.44. The van der Waals surface area contributed by atoms with Gasteiger partial charge >= 0.3 is 0 Å². The first-order chi connectivity index (χ1) is 14.0. The van der Waals surface area contributed by atoms with Crippen LogP contribution in [0.25, 0.3) is 0 Å². The molecule has 2 heterocycles. The number of aliphatic hydroxyl groups is 1. The molecule has 2 N–H and O–H groups in total. The van der Waals surface area contributed by atoms with Crippen molar-refractivity contribution in [2.24, 2.45) is 0 Å². The lowest BCUT2D eigenvalue weighted by atomic mass is 10.1. The van der Waals surface area contributed by atoms with Gasteiger partial charge in [-0.25, -0.2) is 0 Å². The van der Waals surface area contributed by atoms with Crippen LogP contribution in [0.15, 0.2) is 36.5 Å². The molecule has 29 heavy (non-hydrogen) atoms. The fraction of sp³-hybridized carbons (Fsp3) is 0.381. The largest absolute Gasteiger partial charge is 0.507 e. The topological polar surface area (TPSA) is 109 Å². The minimum Gasteiger partial charge on any atom is -0.507 e. The highest BCUT2D eigenvalue weighted by Crippen LogP contribution is 2.26. The molecule has 1 saturated heterocycles. The molecule has 1 aromatic carbocycles. The zero-order valence-corrected chi connectivity index (χ0v) is 16.2. The average molecular weight is 400 g/mol. The Bertz CT molecular complexity index is 870. The summed E-state index contributed by atoms with van der Waals surface area (Å²) < 4.78 is 11.2. The van der Waals surface area contributed by atoms with E-state index in [9.17, 15) is 19.8 Å². The third-order valence-electron chi connectivity index (χ3n) is 4.82. The lowest BCUT2D eigenvalue weighted by Gasteiger charge is -2.36. The third kappa shape index (κ3) is 4.72. The maximum Gasteiger partial charge on any atom is 0.256 e. The normalized spacial score (nSPS) is 17.6. The molecule has 1 fully saturated rings. The van der Waals surface area contributed by atoms with Gasteiger partial charge in [0.05, 0.1) is 48.8 Å². The Morgan fingerprint density at radius 1 is 1.41 bits per heavy atom. The molecule has 0 spiro atoms. The summed E-state index contributed by atoms with van der Waals surface area (Å²) in [4.78, 5) is 30.1. The number of nitrogens with zero attached hydrogens (tertiary/aromatic N) is 2. The number of rotatable bonds is 7. The van der Waals surface area contributed by atoms with Crippen LogP contribution in [0.4, 0.5) is 0 Å². The van der Waals surface area contributed by atoms with E-state index in [0.29, 0.717) is 49.5 Å². The molecule has 1 aromatic heterocycles. The van der Waals surface area contributed by atoms with Crippen LogP contribution in [0.3, 0.4) is 0 Å². The molecule has 0 unspecified atom stereocenters. The van der Waals surface area contributed by atoms with Gasteiger partial charge in [0.25, 0.3) is 5.91 Å². The van der Waals surface area contributed by atoms with E-state index in [4.69, 9.17) is 9.47 Å². The average Bonchev–Trinajstić information content (AvgIpc) is 2.73. The Morgan fingerprint density at radius 3 is 3.00 bits per heavy atom. The van der Waals surface area contributed by atoms with E-state index < -0.39 is 6.10 Å². The maximum atomic E-state index is 13.1. The predicted octanol–water partition coefficient (Wildman–Crippen LogP) is 1.96. The summed E-state index contributed by atoms with van der Waals surface area (Å²) in [5, 5.41) is 19.7. The van der Waals surface area contributed by atoms with Crippen LogP contribution in [0.5, 0.6) is 11.5 Å². The first-order valence-electron chi connectivity index (χ1n) is 9.44. The molecule has 0 bridgehead atoms. The molecule has 2 atom stereocenters. The van der Waals surface area contributed by atoms with E-state index in [-0.39, 0.29) is 29.9 Å². The van der Waals surface area contributed by atoms with Crippen LogP contribution in [-0.2, 0) is 4.74 Å². The van der Waals surface area contributed by atoms with Crippen molar-refractivity contribution in [1.82, 2.24) is 9.88 Å². The van der Waals surface area contributed by atoms with Crippen molar-refractivity contribution >= 4 is 12.2 Å². The van der Waals surface area contributed by atoms with Crippen LogP contribution < -0.4 is 4.74 Å². The van der Waals surface area contributed by atoms with Gasteiger partial charge in [-0.1, -0.05) is 6.07 Å². The van der Waals surface area contributed by atoms with E-state index in [2.05, 4.69) is 4.98 Å². The second-order valence-electron chi connectivity index (χ2n) is 6.78. The highest BCUT2D eigenvalue weighted by molar-refractivity contribution is 5.95. The van der Waals surface area contributed by atoms with Crippen LogP contribution in [-0.4, -0.2) is 64.7 Å². The van der Waals surface area contributed by atoms with Crippen molar-refractivity contribution < 1.29 is 29.3 Å². The lowest BCUT2D eigenvalue weighted by molar-refractivity contribution is -0.00766. The van der Waals surface area contributed by atoms with Gasteiger partial charge in [-0.15, -0.1) is 0 Å². The molecule has 2 aromatic rings. The number of ether oxygens (including phenoxy) is 2. The number of pyridine rings is 1. The van der Waals surface area contributed by atoms with Gasteiger partial charge in [-0.05, 0) is 31.2 Å². The standard InChI is InChI=1S/C21H24N2O6/c1-14(25)20-16(4-3-8-22-20)21(27)23-9-11-28-13-15(23)7-10-29-19-6-2-5-18(26)17(19)12-24/h2-6,8,12,14-15,25-26H,7,9-11,13H2,1H3/t14-,15-/m1/s1. The summed E-state index contributed by atoms with van der Waals surface area (Å²) in [7, 11) is 0. The number of carbonyl (C=O) groups excluding carboxylic acids is 2. The van der Waals surface area contributed by atoms with E-state index >= 15 is 0 Å². The summed E-state index contributed by atoms with van der Waals surface area (Å²) in [6.45, 7) is 3.01. The SMILES string of the molecule is C[C@@H](O)c1ncccc1C(=O)N1CCOC[C@H]1CCOc1cccc(O)c1C=O. The number of phenolic OH excluding ortho intramolecular Hbond substituents is 1. The monoisotopic (exact) mass is 400 g/mol. The van der Waals surface area contributed by atoms with Crippen LogP contribution >= 0.6 is 0 Å². The van der Waals surface area contributed by atoms with Crippen molar-refractivity contribution in [2.45, 2.75) is 25.5 Å². The fourth-order valence-corrected chi connectivity index (χ4v) is 3.33. The number of benzene rings is 1. The highest BCUT2D eigenvalue weighted by atomic mass is 16.5. The number of carbonyl (C=O) groups is 2. The number of hydrogen-bond donors (Lipinski definition) is 2. The molecule has 0 saturated carbocycles. The Kier molecular flexibility index (Phi) is 6.79. The van der Waals surface area contributed by atoms with Gasteiger partial charge in [0.15, 0.2) is 6.29 Å². The molecule has 1 amide bonds. The number of aliphatic hydroxyl groups excluding tert-OH is 1. The number of aromatic nitrogens is 1. The second kappa shape index (κ2) is 9.49. The Hall–Kier alpha value is -2.97. The van der Waals surface area contributed by atoms with Crippen LogP contribution in [0, 0.1) is 0 Å². The van der Waals surface area contributed by atoms with E-state index in [1.54, 1.807) is 42.3 Å². The molecule has 8 nitrogen and oxygen atoms in total. The minimum atomic E-state index is -0.856. The highest BCUT2D eigenvalue weighted by Gasteiger charge is 2.30. The second-order valence-corrected chi connectivity index (χ2v) is 6.78. The van der Waals surface area contributed by atoms with Crippen molar-refractivity contribution in [1.29, 1.82) is 0 Å². The van der Waals surface area contributed by atoms with E-state index in [1.807, 2.05) is 0 Å². The predicted molar refractivity (Wildman–Crippen MR) is 104 cm³/mol. The van der Waals surface area contributed by atoms with E-state index in [1.165, 1.54) is 6.07 Å². The molecule has 154 valence electrons. The smallest absolute Gasteiger partial charge is 0.256 e. The number of amides is 1. The van der Waals surface area contributed by atoms with Crippen molar-refractivity contribution in [2.75, 3.05) is 26.4 Å². The fourth-order valence-electron chi connectivity index (χ4n) is 3.33. The van der Waals surface area contributed by atoms with Crippen LogP contribution in [0.2, 0.25) is 0 Å². The van der Waals surface area contributed by atoms with Crippen molar-refractivity contribution in [3.8, 4) is 11.5 Å².